The third-order valence-corrected chi connectivity index (χ3v) is 7.10. The molecular weight excluding hydrogens is 468 g/mol. The quantitative estimate of drug-likeness (QED) is 0.343. The number of hydrogen-bond donors (Lipinski definition) is 2. The fraction of sp³-hybridized carbons (Fsp3) is 0.333. The maximum atomic E-state index is 12.8. The third-order valence-electron chi connectivity index (χ3n) is 4.99. The fourth-order valence-corrected chi connectivity index (χ4v) is 5.03. The van der Waals surface area contributed by atoms with Crippen molar-refractivity contribution >= 4 is 44.6 Å². The van der Waals surface area contributed by atoms with Gasteiger partial charge in [0.2, 0.25) is 10.0 Å². The van der Waals surface area contributed by atoms with Crippen LogP contribution in [0.1, 0.15) is 25.7 Å². The van der Waals surface area contributed by atoms with Crippen LogP contribution in [0.3, 0.4) is 0 Å². The highest BCUT2D eigenvalue weighted by atomic mass is 32.2. The molecule has 0 aromatic heterocycles. The number of sulfonamides is 1. The van der Waals surface area contributed by atoms with Crippen molar-refractivity contribution in [2.75, 3.05) is 25.0 Å². The number of hydrogen-bond acceptors (Lipinski definition) is 7. The molecule has 1 aliphatic heterocycles. The molecule has 0 saturated carbocycles. The van der Waals surface area contributed by atoms with Crippen LogP contribution >= 0.6 is 12.2 Å². The molecule has 12 heteroatoms. The number of amides is 1. The second-order valence-corrected chi connectivity index (χ2v) is 9.73. The zero-order valence-electron chi connectivity index (χ0n) is 17.7. The second-order valence-electron chi connectivity index (χ2n) is 7.38. The molecule has 2 N–H and O–H groups in total. The predicted octanol–water partition coefficient (Wildman–Crippen LogP) is 3.05. The number of nitrogens with zero attached hydrogens (tertiary/aromatic N) is 2. The summed E-state index contributed by atoms with van der Waals surface area (Å²) in [5, 5.41) is 15.9. The molecule has 3 rings (SSSR count). The van der Waals surface area contributed by atoms with E-state index in [1.807, 2.05) is 0 Å². The minimum Gasteiger partial charge on any atom is -0.484 e. The minimum atomic E-state index is -3.54. The lowest BCUT2D eigenvalue weighted by Gasteiger charge is -2.20. The molecule has 0 aliphatic carbocycles. The molecule has 33 heavy (non-hydrogen) atoms. The Labute approximate surface area is 197 Å². The number of rotatable bonds is 7. The number of ether oxygens (including phenoxy) is 1. The average Bonchev–Trinajstić information content (AvgIpc) is 3.08. The Morgan fingerprint density at radius 1 is 1.03 bits per heavy atom. The van der Waals surface area contributed by atoms with E-state index in [-0.39, 0.29) is 22.3 Å². The van der Waals surface area contributed by atoms with E-state index in [2.05, 4.69) is 10.6 Å². The number of anilines is 1. The Morgan fingerprint density at radius 3 is 2.21 bits per heavy atom. The molecule has 1 heterocycles. The van der Waals surface area contributed by atoms with Crippen molar-refractivity contribution in [3.63, 3.8) is 0 Å². The van der Waals surface area contributed by atoms with Crippen LogP contribution in [0.25, 0.3) is 0 Å². The third kappa shape index (κ3) is 6.94. The molecule has 0 radical (unpaired) electrons. The molecule has 176 valence electrons. The smallest absolute Gasteiger partial charge is 0.269 e. The van der Waals surface area contributed by atoms with Gasteiger partial charge < -0.3 is 10.1 Å². The van der Waals surface area contributed by atoms with Crippen LogP contribution in [0, 0.1) is 10.1 Å². The van der Waals surface area contributed by atoms with Gasteiger partial charge in [-0.25, -0.2) is 8.42 Å². The molecule has 1 fully saturated rings. The van der Waals surface area contributed by atoms with Gasteiger partial charge in [-0.15, -0.1) is 0 Å². The lowest BCUT2D eigenvalue weighted by atomic mass is 10.2. The van der Waals surface area contributed by atoms with E-state index in [1.165, 1.54) is 40.7 Å². The summed E-state index contributed by atoms with van der Waals surface area (Å²) in [6.07, 6.45) is 3.80. The number of nitro groups is 1. The van der Waals surface area contributed by atoms with Gasteiger partial charge in [0, 0.05) is 30.9 Å². The molecule has 1 aliphatic rings. The van der Waals surface area contributed by atoms with Crippen LogP contribution in [0.15, 0.2) is 53.4 Å². The van der Waals surface area contributed by atoms with Gasteiger partial charge >= 0.3 is 0 Å². The van der Waals surface area contributed by atoms with Crippen LogP contribution in [0.2, 0.25) is 0 Å². The monoisotopic (exact) mass is 492 g/mol. The number of nitrogens with one attached hydrogen (secondary N) is 2. The molecule has 2 aromatic carbocycles. The van der Waals surface area contributed by atoms with E-state index in [4.69, 9.17) is 17.0 Å². The number of nitro benzene ring substituents is 1. The second kappa shape index (κ2) is 11.2. The number of thiocarbonyl (C=S) groups is 1. The molecule has 0 bridgehead atoms. The average molecular weight is 493 g/mol. The number of carbonyl (C=O) groups excluding carboxylic acids is 1. The van der Waals surface area contributed by atoms with Crippen molar-refractivity contribution in [1.82, 2.24) is 9.62 Å². The molecule has 0 atom stereocenters. The van der Waals surface area contributed by atoms with Gasteiger partial charge in [-0.3, -0.25) is 20.2 Å². The van der Waals surface area contributed by atoms with Crippen molar-refractivity contribution in [1.29, 1.82) is 0 Å². The first kappa shape index (κ1) is 24.6. The van der Waals surface area contributed by atoms with Gasteiger partial charge in [0.25, 0.3) is 11.6 Å². The molecular formula is C21H24N4O6S2. The Kier molecular flexibility index (Phi) is 8.31. The number of carbonyl (C=O) groups is 1. The van der Waals surface area contributed by atoms with Crippen LogP contribution in [-0.2, 0) is 14.8 Å². The molecule has 0 unspecified atom stereocenters. The van der Waals surface area contributed by atoms with E-state index in [0.29, 0.717) is 24.5 Å². The Bertz CT molecular complexity index is 1100. The fourth-order valence-electron chi connectivity index (χ4n) is 3.28. The standard InChI is InChI=1S/C21H24N4O6S2/c26-20(15-31-18-9-7-17(8-10-18)25(27)28)23-21(32)22-16-5-11-19(12-6-16)33(29,30)24-13-3-1-2-4-14-24/h5-12H,1-4,13-15H2,(H2,22,23,26,32). The Hall–Kier alpha value is -3.09. The summed E-state index contributed by atoms with van der Waals surface area (Å²) < 4.78 is 32.5. The van der Waals surface area contributed by atoms with Crippen LogP contribution in [0.4, 0.5) is 11.4 Å². The molecule has 0 spiro atoms. The predicted molar refractivity (Wildman–Crippen MR) is 127 cm³/mol. The summed E-state index contributed by atoms with van der Waals surface area (Å²) in [7, 11) is -3.54. The highest BCUT2D eigenvalue weighted by Crippen LogP contribution is 2.22. The molecule has 10 nitrogen and oxygen atoms in total. The van der Waals surface area contributed by atoms with Crippen LogP contribution in [0.5, 0.6) is 5.75 Å². The van der Waals surface area contributed by atoms with Crippen molar-refractivity contribution in [2.24, 2.45) is 0 Å². The van der Waals surface area contributed by atoms with E-state index in [0.717, 1.165) is 25.7 Å². The summed E-state index contributed by atoms with van der Waals surface area (Å²) >= 11 is 5.11. The Balaban J connectivity index is 1.49. The first-order valence-electron chi connectivity index (χ1n) is 10.3. The van der Waals surface area contributed by atoms with Gasteiger partial charge in [-0.2, -0.15) is 4.31 Å². The van der Waals surface area contributed by atoms with Gasteiger partial charge in [-0.1, -0.05) is 12.8 Å². The van der Waals surface area contributed by atoms with E-state index < -0.39 is 20.9 Å². The number of non-ortho nitro benzene ring substituents is 1. The zero-order valence-corrected chi connectivity index (χ0v) is 19.4. The maximum Gasteiger partial charge on any atom is 0.269 e. The lowest BCUT2D eigenvalue weighted by molar-refractivity contribution is -0.384. The largest absolute Gasteiger partial charge is 0.484 e. The summed E-state index contributed by atoms with van der Waals surface area (Å²) in [5.41, 5.74) is 0.439. The summed E-state index contributed by atoms with van der Waals surface area (Å²) in [4.78, 5) is 22.4. The first-order chi connectivity index (χ1) is 15.8. The minimum absolute atomic E-state index is 0.0235. The molecule has 2 aromatic rings. The van der Waals surface area contributed by atoms with Crippen LogP contribution in [-0.4, -0.2) is 48.4 Å². The number of benzene rings is 2. The van der Waals surface area contributed by atoms with Gasteiger partial charge in [0.05, 0.1) is 9.82 Å². The maximum absolute atomic E-state index is 12.8. The van der Waals surface area contributed by atoms with Gasteiger partial charge in [-0.05, 0) is 61.5 Å². The summed E-state index contributed by atoms with van der Waals surface area (Å²) in [6.45, 7) is 0.716. The highest BCUT2D eigenvalue weighted by Gasteiger charge is 2.25. The zero-order chi connectivity index (χ0) is 23.8. The van der Waals surface area contributed by atoms with E-state index in [1.54, 1.807) is 12.1 Å². The topological polar surface area (TPSA) is 131 Å². The van der Waals surface area contributed by atoms with Gasteiger partial charge in [0.1, 0.15) is 5.75 Å². The van der Waals surface area contributed by atoms with Crippen LogP contribution < -0.4 is 15.4 Å². The van der Waals surface area contributed by atoms with E-state index >= 15 is 0 Å². The van der Waals surface area contributed by atoms with Crippen molar-refractivity contribution < 1.29 is 22.9 Å². The SMILES string of the molecule is O=C(COc1ccc([N+](=O)[O-])cc1)NC(=S)Nc1ccc(S(=O)(=O)N2CCCCCC2)cc1. The lowest BCUT2D eigenvalue weighted by Crippen LogP contribution is -2.37. The summed E-state index contributed by atoms with van der Waals surface area (Å²) in [5.74, 6) is -0.220. The summed E-state index contributed by atoms with van der Waals surface area (Å²) in [6, 6.07) is 11.5. The normalized spacial score (nSPS) is 14.7. The highest BCUT2D eigenvalue weighted by molar-refractivity contribution is 7.89. The van der Waals surface area contributed by atoms with Crippen molar-refractivity contribution in [3.05, 3.63) is 58.6 Å². The molecule has 1 saturated heterocycles. The van der Waals surface area contributed by atoms with E-state index in [9.17, 15) is 23.3 Å². The van der Waals surface area contributed by atoms with Gasteiger partial charge in [0.15, 0.2) is 11.7 Å². The van der Waals surface area contributed by atoms with Crippen molar-refractivity contribution in [2.45, 2.75) is 30.6 Å². The van der Waals surface area contributed by atoms with Crippen molar-refractivity contribution in [3.8, 4) is 5.75 Å². The molecule has 1 amide bonds. The first-order valence-corrected chi connectivity index (χ1v) is 12.2. The Morgan fingerprint density at radius 2 is 1.64 bits per heavy atom.